The Kier molecular flexibility index (Phi) is 4.37. The molecule has 2 rings (SSSR count). The van der Waals surface area contributed by atoms with Gasteiger partial charge in [0.1, 0.15) is 0 Å². The first kappa shape index (κ1) is 15.2. The van der Waals surface area contributed by atoms with E-state index >= 15 is 0 Å². The van der Waals surface area contributed by atoms with Crippen molar-refractivity contribution in [1.29, 1.82) is 0 Å². The predicted octanol–water partition coefficient (Wildman–Crippen LogP) is 2.70. The van der Waals surface area contributed by atoms with Crippen LogP contribution >= 0.6 is 11.6 Å². The highest BCUT2D eigenvalue weighted by atomic mass is 35.5. The van der Waals surface area contributed by atoms with Crippen molar-refractivity contribution in [2.75, 3.05) is 28.4 Å². The van der Waals surface area contributed by atoms with Crippen LogP contribution in [-0.4, -0.2) is 39.4 Å². The SMILES string of the molecule is COC(=O)c1cc(Cl)c2c(OC)c(OC)c(OC)cc2n1. The minimum Gasteiger partial charge on any atom is -0.493 e. The van der Waals surface area contributed by atoms with Gasteiger partial charge in [0.05, 0.1) is 44.4 Å². The number of benzene rings is 1. The maximum Gasteiger partial charge on any atom is 0.356 e. The van der Waals surface area contributed by atoms with Crippen LogP contribution in [-0.2, 0) is 4.74 Å². The van der Waals surface area contributed by atoms with Crippen molar-refractivity contribution in [3.8, 4) is 17.2 Å². The molecule has 2 aromatic rings. The zero-order valence-electron chi connectivity index (χ0n) is 12.0. The van der Waals surface area contributed by atoms with Crippen molar-refractivity contribution in [1.82, 2.24) is 4.98 Å². The molecule has 0 spiro atoms. The molecule has 0 atom stereocenters. The number of pyridine rings is 1. The quantitative estimate of drug-likeness (QED) is 0.809. The number of rotatable bonds is 4. The van der Waals surface area contributed by atoms with Crippen LogP contribution in [0.4, 0.5) is 0 Å². The Morgan fingerprint density at radius 2 is 1.71 bits per heavy atom. The summed E-state index contributed by atoms with van der Waals surface area (Å²) in [7, 11) is 5.75. The summed E-state index contributed by atoms with van der Waals surface area (Å²) in [4.78, 5) is 15.8. The molecule has 1 aromatic carbocycles. The molecule has 21 heavy (non-hydrogen) atoms. The molecule has 112 valence electrons. The second-order valence-electron chi connectivity index (χ2n) is 4.02. The Bertz CT molecular complexity index is 702. The van der Waals surface area contributed by atoms with Gasteiger partial charge < -0.3 is 18.9 Å². The van der Waals surface area contributed by atoms with Crippen LogP contribution < -0.4 is 14.2 Å². The van der Waals surface area contributed by atoms with E-state index in [1.807, 2.05) is 0 Å². The van der Waals surface area contributed by atoms with E-state index in [0.717, 1.165) is 0 Å². The lowest BCUT2D eigenvalue weighted by Crippen LogP contribution is -2.05. The summed E-state index contributed by atoms with van der Waals surface area (Å²) in [5.74, 6) is 0.641. The molecular formula is C14H14ClNO5. The number of carbonyl (C=O) groups excluding carboxylic acids is 1. The largest absolute Gasteiger partial charge is 0.493 e. The molecule has 1 aromatic heterocycles. The van der Waals surface area contributed by atoms with Gasteiger partial charge in [-0.2, -0.15) is 0 Å². The fourth-order valence-corrected chi connectivity index (χ4v) is 2.31. The molecule has 0 saturated carbocycles. The van der Waals surface area contributed by atoms with E-state index in [2.05, 4.69) is 9.72 Å². The number of halogens is 1. The van der Waals surface area contributed by atoms with Crippen molar-refractivity contribution in [2.45, 2.75) is 0 Å². The van der Waals surface area contributed by atoms with Crippen molar-refractivity contribution in [2.24, 2.45) is 0 Å². The van der Waals surface area contributed by atoms with E-state index in [4.69, 9.17) is 25.8 Å². The second kappa shape index (κ2) is 6.05. The third-order valence-corrected chi connectivity index (χ3v) is 3.24. The standard InChI is InChI=1S/C14H14ClNO5/c1-18-10-6-8-11(13(20-3)12(10)19-2)7(15)5-9(16-8)14(17)21-4/h5-6H,1-4H3. The molecular weight excluding hydrogens is 298 g/mol. The summed E-state index contributed by atoms with van der Waals surface area (Å²) < 4.78 is 20.5. The number of aromatic nitrogens is 1. The van der Waals surface area contributed by atoms with Gasteiger partial charge in [-0.15, -0.1) is 0 Å². The number of nitrogens with zero attached hydrogens (tertiary/aromatic N) is 1. The number of hydrogen-bond acceptors (Lipinski definition) is 6. The van der Waals surface area contributed by atoms with Crippen molar-refractivity contribution < 1.29 is 23.7 Å². The van der Waals surface area contributed by atoms with Gasteiger partial charge in [-0.3, -0.25) is 0 Å². The molecule has 0 unspecified atom stereocenters. The molecule has 0 fully saturated rings. The fourth-order valence-electron chi connectivity index (χ4n) is 2.03. The number of carbonyl (C=O) groups is 1. The molecule has 0 aliphatic carbocycles. The number of esters is 1. The molecule has 0 aliphatic rings. The highest BCUT2D eigenvalue weighted by Gasteiger charge is 2.21. The average Bonchev–Trinajstić information content (AvgIpc) is 2.51. The second-order valence-corrected chi connectivity index (χ2v) is 4.43. The third kappa shape index (κ3) is 2.54. The molecule has 0 aliphatic heterocycles. The van der Waals surface area contributed by atoms with Crippen molar-refractivity contribution in [3.05, 3.63) is 22.8 Å². The van der Waals surface area contributed by atoms with Crippen molar-refractivity contribution >= 4 is 28.5 Å². The lowest BCUT2D eigenvalue weighted by Gasteiger charge is -2.15. The monoisotopic (exact) mass is 311 g/mol. The Hall–Kier alpha value is -2.21. The summed E-state index contributed by atoms with van der Waals surface area (Å²) in [6.07, 6.45) is 0. The lowest BCUT2D eigenvalue weighted by molar-refractivity contribution is 0.0594. The topological polar surface area (TPSA) is 66.9 Å². The van der Waals surface area contributed by atoms with Crippen LogP contribution in [0.15, 0.2) is 12.1 Å². The summed E-state index contributed by atoms with van der Waals surface area (Å²) in [5, 5.41) is 0.836. The number of fused-ring (bicyclic) bond motifs is 1. The maximum absolute atomic E-state index is 11.6. The van der Waals surface area contributed by atoms with Gasteiger partial charge in [-0.1, -0.05) is 11.6 Å². The number of hydrogen-bond donors (Lipinski definition) is 0. The van der Waals surface area contributed by atoms with Gasteiger partial charge in [-0.05, 0) is 6.07 Å². The average molecular weight is 312 g/mol. The lowest BCUT2D eigenvalue weighted by atomic mass is 10.1. The first-order chi connectivity index (χ1) is 10.1. The molecule has 0 N–H and O–H groups in total. The van der Waals surface area contributed by atoms with Gasteiger partial charge in [0.25, 0.3) is 0 Å². The van der Waals surface area contributed by atoms with Gasteiger partial charge in [-0.25, -0.2) is 9.78 Å². The smallest absolute Gasteiger partial charge is 0.356 e. The van der Waals surface area contributed by atoms with E-state index in [1.54, 1.807) is 6.07 Å². The molecule has 0 radical (unpaired) electrons. The van der Waals surface area contributed by atoms with E-state index in [1.165, 1.54) is 34.5 Å². The minimum absolute atomic E-state index is 0.101. The molecule has 1 heterocycles. The Morgan fingerprint density at radius 1 is 1.05 bits per heavy atom. The Labute approximate surface area is 126 Å². The maximum atomic E-state index is 11.6. The van der Waals surface area contributed by atoms with Crippen LogP contribution in [0.25, 0.3) is 10.9 Å². The highest BCUT2D eigenvalue weighted by molar-refractivity contribution is 6.36. The van der Waals surface area contributed by atoms with E-state index < -0.39 is 5.97 Å². The summed E-state index contributed by atoms with van der Waals surface area (Å²) in [6.45, 7) is 0. The zero-order chi connectivity index (χ0) is 15.6. The summed E-state index contributed by atoms with van der Waals surface area (Å²) in [5.41, 5.74) is 0.543. The third-order valence-electron chi connectivity index (χ3n) is 2.95. The number of ether oxygens (including phenoxy) is 4. The van der Waals surface area contributed by atoms with E-state index in [-0.39, 0.29) is 5.69 Å². The minimum atomic E-state index is -0.576. The van der Waals surface area contributed by atoms with Crippen LogP contribution in [0, 0.1) is 0 Å². The summed E-state index contributed by atoms with van der Waals surface area (Å²) >= 11 is 6.25. The van der Waals surface area contributed by atoms with Gasteiger partial charge in [0.15, 0.2) is 17.2 Å². The normalized spacial score (nSPS) is 10.3. The van der Waals surface area contributed by atoms with Crippen molar-refractivity contribution in [3.63, 3.8) is 0 Å². The molecule has 6 nitrogen and oxygen atoms in total. The van der Waals surface area contributed by atoms with E-state index in [9.17, 15) is 4.79 Å². The first-order valence-corrected chi connectivity index (χ1v) is 6.32. The van der Waals surface area contributed by atoms with E-state index in [0.29, 0.717) is 33.2 Å². The van der Waals surface area contributed by atoms with Crippen LogP contribution in [0.3, 0.4) is 0 Å². The van der Waals surface area contributed by atoms with Crippen LogP contribution in [0.5, 0.6) is 17.2 Å². The first-order valence-electron chi connectivity index (χ1n) is 5.94. The summed E-state index contributed by atoms with van der Waals surface area (Å²) in [6, 6.07) is 3.04. The van der Waals surface area contributed by atoms with Gasteiger partial charge in [0, 0.05) is 6.07 Å². The van der Waals surface area contributed by atoms with Gasteiger partial charge in [0.2, 0.25) is 5.75 Å². The zero-order valence-corrected chi connectivity index (χ0v) is 12.8. The Balaban J connectivity index is 2.85. The highest BCUT2D eigenvalue weighted by Crippen LogP contribution is 2.45. The van der Waals surface area contributed by atoms with Crippen LogP contribution in [0.1, 0.15) is 10.5 Å². The molecule has 0 bridgehead atoms. The van der Waals surface area contributed by atoms with Crippen LogP contribution in [0.2, 0.25) is 5.02 Å². The number of methoxy groups -OCH3 is 4. The Morgan fingerprint density at radius 3 is 2.24 bits per heavy atom. The fraction of sp³-hybridized carbons (Fsp3) is 0.286. The molecule has 7 heteroatoms. The molecule has 0 saturated heterocycles. The molecule has 0 amide bonds. The predicted molar refractivity (Wildman–Crippen MR) is 77.7 cm³/mol. The van der Waals surface area contributed by atoms with Gasteiger partial charge >= 0.3 is 5.97 Å².